The third-order valence-electron chi connectivity index (χ3n) is 5.54. The van der Waals surface area contributed by atoms with Gasteiger partial charge in [0.15, 0.2) is 0 Å². The summed E-state index contributed by atoms with van der Waals surface area (Å²) in [6.45, 7) is 11.4. The molecule has 106 valence electrons. The van der Waals surface area contributed by atoms with Crippen LogP contribution in [0, 0.1) is 17.3 Å². The summed E-state index contributed by atoms with van der Waals surface area (Å²) in [6, 6.07) is 0.978. The molecule has 2 heteroatoms. The van der Waals surface area contributed by atoms with Gasteiger partial charge in [0.05, 0.1) is 5.60 Å². The van der Waals surface area contributed by atoms with Crippen molar-refractivity contribution in [2.24, 2.45) is 17.3 Å². The SMILES string of the molecule is CCC1(O)CC(C)NC2CC(C(C)(C)C)CCC21. The molecular weight excluding hydrogens is 222 g/mol. The molecule has 18 heavy (non-hydrogen) atoms. The van der Waals surface area contributed by atoms with E-state index < -0.39 is 5.60 Å². The van der Waals surface area contributed by atoms with Crippen molar-refractivity contribution in [2.45, 2.75) is 84.4 Å². The lowest BCUT2D eigenvalue weighted by Gasteiger charge is -2.53. The van der Waals surface area contributed by atoms with Crippen LogP contribution in [-0.2, 0) is 0 Å². The average molecular weight is 253 g/mol. The van der Waals surface area contributed by atoms with Crippen LogP contribution >= 0.6 is 0 Å². The van der Waals surface area contributed by atoms with Gasteiger partial charge in [0, 0.05) is 18.0 Å². The van der Waals surface area contributed by atoms with Crippen LogP contribution in [0.3, 0.4) is 0 Å². The molecular formula is C16H31NO. The van der Waals surface area contributed by atoms with Crippen LogP contribution in [0.25, 0.3) is 0 Å². The quantitative estimate of drug-likeness (QED) is 0.751. The van der Waals surface area contributed by atoms with Crippen molar-refractivity contribution in [3.05, 3.63) is 0 Å². The summed E-state index contributed by atoms with van der Waals surface area (Å²) >= 11 is 0. The first-order valence-corrected chi connectivity index (χ1v) is 7.74. The van der Waals surface area contributed by atoms with E-state index in [4.69, 9.17) is 0 Å². The zero-order valence-corrected chi connectivity index (χ0v) is 12.8. The maximum absolute atomic E-state index is 10.9. The van der Waals surface area contributed by atoms with Gasteiger partial charge in [-0.05, 0) is 50.4 Å². The van der Waals surface area contributed by atoms with Crippen LogP contribution in [0.4, 0.5) is 0 Å². The first-order chi connectivity index (χ1) is 8.26. The molecule has 2 N–H and O–H groups in total. The first kappa shape index (κ1) is 14.3. The number of hydrogen-bond donors (Lipinski definition) is 2. The minimum Gasteiger partial charge on any atom is -0.389 e. The van der Waals surface area contributed by atoms with E-state index in [1.165, 1.54) is 19.3 Å². The fraction of sp³-hybridized carbons (Fsp3) is 1.00. The molecule has 0 spiro atoms. The molecule has 2 rings (SSSR count). The smallest absolute Gasteiger partial charge is 0.0702 e. The van der Waals surface area contributed by atoms with Gasteiger partial charge in [0.25, 0.3) is 0 Å². The molecule has 1 aliphatic heterocycles. The molecule has 5 atom stereocenters. The monoisotopic (exact) mass is 253 g/mol. The first-order valence-electron chi connectivity index (χ1n) is 7.74. The van der Waals surface area contributed by atoms with E-state index in [1.807, 2.05) is 0 Å². The number of rotatable bonds is 1. The van der Waals surface area contributed by atoms with Crippen LogP contribution in [0.1, 0.15) is 66.7 Å². The molecule has 0 aromatic rings. The van der Waals surface area contributed by atoms with Gasteiger partial charge in [0.1, 0.15) is 0 Å². The average Bonchev–Trinajstić information content (AvgIpc) is 2.26. The molecule has 0 aromatic carbocycles. The summed E-state index contributed by atoms with van der Waals surface area (Å²) in [7, 11) is 0. The third kappa shape index (κ3) is 2.60. The Balaban J connectivity index is 2.13. The molecule has 0 radical (unpaired) electrons. The molecule has 1 saturated heterocycles. The normalized spacial score (nSPS) is 45.7. The Morgan fingerprint density at radius 3 is 2.50 bits per heavy atom. The van der Waals surface area contributed by atoms with Crippen molar-refractivity contribution >= 4 is 0 Å². The van der Waals surface area contributed by atoms with Crippen molar-refractivity contribution in [1.82, 2.24) is 5.32 Å². The van der Waals surface area contributed by atoms with Gasteiger partial charge in [-0.3, -0.25) is 0 Å². The number of fused-ring (bicyclic) bond motifs is 1. The van der Waals surface area contributed by atoms with Crippen molar-refractivity contribution in [3.8, 4) is 0 Å². The summed E-state index contributed by atoms with van der Waals surface area (Å²) in [5.74, 6) is 1.26. The Morgan fingerprint density at radius 1 is 1.28 bits per heavy atom. The Labute approximate surface area is 113 Å². The van der Waals surface area contributed by atoms with Crippen LogP contribution in [0.2, 0.25) is 0 Å². The highest BCUT2D eigenvalue weighted by atomic mass is 16.3. The van der Waals surface area contributed by atoms with Crippen molar-refractivity contribution < 1.29 is 5.11 Å². The van der Waals surface area contributed by atoms with Crippen LogP contribution in [0.15, 0.2) is 0 Å². The largest absolute Gasteiger partial charge is 0.389 e. The van der Waals surface area contributed by atoms with Gasteiger partial charge < -0.3 is 10.4 Å². The van der Waals surface area contributed by atoms with E-state index in [-0.39, 0.29) is 0 Å². The van der Waals surface area contributed by atoms with Gasteiger partial charge >= 0.3 is 0 Å². The van der Waals surface area contributed by atoms with Gasteiger partial charge in [-0.2, -0.15) is 0 Å². The minimum atomic E-state index is -0.418. The number of hydrogen-bond acceptors (Lipinski definition) is 2. The third-order valence-corrected chi connectivity index (χ3v) is 5.54. The van der Waals surface area contributed by atoms with Crippen LogP contribution in [0.5, 0.6) is 0 Å². The predicted octanol–water partition coefficient (Wildman–Crippen LogP) is 3.34. The highest BCUT2D eigenvalue weighted by molar-refractivity contribution is 5.03. The van der Waals surface area contributed by atoms with Crippen molar-refractivity contribution in [3.63, 3.8) is 0 Å². The zero-order valence-electron chi connectivity index (χ0n) is 12.8. The van der Waals surface area contributed by atoms with Crippen molar-refractivity contribution in [1.29, 1.82) is 0 Å². The van der Waals surface area contributed by atoms with E-state index in [1.54, 1.807) is 0 Å². The Hall–Kier alpha value is -0.0800. The second-order valence-electron chi connectivity index (χ2n) is 7.82. The molecule has 0 aromatic heterocycles. The molecule has 1 aliphatic carbocycles. The van der Waals surface area contributed by atoms with E-state index >= 15 is 0 Å². The summed E-state index contributed by atoms with van der Waals surface area (Å²) in [4.78, 5) is 0. The fourth-order valence-electron chi connectivity index (χ4n) is 4.30. The highest BCUT2D eigenvalue weighted by Crippen LogP contribution is 2.46. The molecule has 0 bridgehead atoms. The number of aliphatic hydroxyl groups is 1. The molecule has 1 heterocycles. The van der Waals surface area contributed by atoms with Gasteiger partial charge in [-0.1, -0.05) is 27.7 Å². The molecule has 2 fully saturated rings. The Bertz CT molecular complexity index is 296. The lowest BCUT2D eigenvalue weighted by atomic mass is 9.61. The Morgan fingerprint density at radius 2 is 1.94 bits per heavy atom. The molecule has 2 aliphatic rings. The van der Waals surface area contributed by atoms with E-state index in [0.717, 1.165) is 18.8 Å². The van der Waals surface area contributed by atoms with Crippen LogP contribution in [-0.4, -0.2) is 22.8 Å². The summed E-state index contributed by atoms with van der Waals surface area (Å²) < 4.78 is 0. The second kappa shape index (κ2) is 4.79. The molecule has 0 amide bonds. The van der Waals surface area contributed by atoms with E-state index in [2.05, 4.69) is 39.9 Å². The zero-order chi connectivity index (χ0) is 13.6. The number of nitrogens with one attached hydrogen (secondary N) is 1. The lowest BCUT2D eigenvalue weighted by molar-refractivity contribution is -0.0976. The minimum absolute atomic E-state index is 0.400. The topological polar surface area (TPSA) is 32.3 Å². The van der Waals surface area contributed by atoms with E-state index in [9.17, 15) is 5.11 Å². The van der Waals surface area contributed by atoms with Crippen LogP contribution < -0.4 is 5.32 Å². The maximum atomic E-state index is 10.9. The summed E-state index contributed by atoms with van der Waals surface area (Å²) in [5.41, 5.74) is -0.0180. The summed E-state index contributed by atoms with van der Waals surface area (Å²) in [6.07, 6.45) is 5.53. The van der Waals surface area contributed by atoms with Crippen molar-refractivity contribution in [2.75, 3.05) is 0 Å². The molecule has 2 nitrogen and oxygen atoms in total. The standard InChI is InChI=1S/C16H31NO/c1-6-16(18)10-11(2)17-14-9-12(15(3,4)5)7-8-13(14)16/h11-14,17-18H,6-10H2,1-5H3. The van der Waals surface area contributed by atoms with Gasteiger partial charge in [-0.25, -0.2) is 0 Å². The van der Waals surface area contributed by atoms with Gasteiger partial charge in [0.2, 0.25) is 0 Å². The fourth-order valence-corrected chi connectivity index (χ4v) is 4.30. The summed E-state index contributed by atoms with van der Waals surface area (Å²) in [5, 5.41) is 14.6. The second-order valence-corrected chi connectivity index (χ2v) is 7.82. The highest BCUT2D eigenvalue weighted by Gasteiger charge is 2.48. The molecule has 1 saturated carbocycles. The van der Waals surface area contributed by atoms with Gasteiger partial charge in [-0.15, -0.1) is 0 Å². The predicted molar refractivity (Wildman–Crippen MR) is 76.5 cm³/mol. The van der Waals surface area contributed by atoms with E-state index in [0.29, 0.717) is 23.4 Å². The molecule has 5 unspecified atom stereocenters. The maximum Gasteiger partial charge on any atom is 0.0702 e. The Kier molecular flexibility index (Phi) is 3.81. The lowest BCUT2D eigenvalue weighted by Crippen LogP contribution is -2.61. The number of piperidine rings is 1.